The largest absolute Gasteiger partial charge is 0.478 e. The zero-order chi connectivity index (χ0) is 28.6. The number of fused-ring (bicyclic) bond motifs is 1. The highest BCUT2D eigenvalue weighted by atomic mass is 35.5. The molecule has 0 bridgehead atoms. The molecular formula is C32H32Cl2FN3O2. The summed E-state index contributed by atoms with van der Waals surface area (Å²) in [6.45, 7) is 2.55. The first-order valence-corrected chi connectivity index (χ1v) is 14.0. The van der Waals surface area contributed by atoms with Gasteiger partial charge in [-0.1, -0.05) is 60.5 Å². The van der Waals surface area contributed by atoms with Crippen LogP contribution in [0.4, 0.5) is 4.39 Å². The lowest BCUT2D eigenvalue weighted by Gasteiger charge is -2.17. The second-order valence-corrected chi connectivity index (χ2v) is 10.3. The van der Waals surface area contributed by atoms with Gasteiger partial charge >= 0.3 is 0 Å². The third-order valence-electron chi connectivity index (χ3n) is 6.55. The first-order chi connectivity index (χ1) is 19.3. The second kappa shape index (κ2) is 13.6. The molecule has 0 aliphatic heterocycles. The fourth-order valence-electron chi connectivity index (χ4n) is 4.47. The summed E-state index contributed by atoms with van der Waals surface area (Å²) in [6.07, 6.45) is 8.41. The number of para-hydroxylation sites is 1. The van der Waals surface area contributed by atoms with Crippen molar-refractivity contribution in [1.82, 2.24) is 14.9 Å². The van der Waals surface area contributed by atoms with Gasteiger partial charge in [0.25, 0.3) is 0 Å². The maximum absolute atomic E-state index is 13.9. The Morgan fingerprint density at radius 2 is 1.90 bits per heavy atom. The number of ether oxygens (including phenoxy) is 1. The molecule has 40 heavy (non-hydrogen) atoms. The van der Waals surface area contributed by atoms with E-state index in [1.807, 2.05) is 49.4 Å². The van der Waals surface area contributed by atoms with E-state index in [9.17, 15) is 9.18 Å². The molecular weight excluding hydrogens is 548 g/mol. The van der Waals surface area contributed by atoms with Crippen molar-refractivity contribution in [3.63, 3.8) is 0 Å². The summed E-state index contributed by atoms with van der Waals surface area (Å²) in [5, 5.41) is 1.83. The van der Waals surface area contributed by atoms with Gasteiger partial charge in [-0.3, -0.25) is 4.79 Å². The number of nitrogens with zero attached hydrogens (tertiary/aromatic N) is 2. The molecule has 4 rings (SSSR count). The average Bonchev–Trinajstić information content (AvgIpc) is 3.27. The first kappa shape index (κ1) is 29.4. The maximum Gasteiger partial charge on any atom is 0.245 e. The highest BCUT2D eigenvalue weighted by Gasteiger charge is 2.21. The molecule has 0 saturated heterocycles. The Kier molecular flexibility index (Phi) is 10.0. The number of likely N-dealkylation sites (N-methyl/N-ethyl adjacent to an activating group) is 1. The number of nitrogens with one attached hydrogen (secondary N) is 1. The van der Waals surface area contributed by atoms with Crippen LogP contribution in [-0.4, -0.2) is 41.5 Å². The van der Waals surface area contributed by atoms with Crippen molar-refractivity contribution in [3.8, 4) is 5.88 Å². The number of amides is 1. The average molecular weight is 581 g/mol. The van der Waals surface area contributed by atoms with Crippen LogP contribution in [0.1, 0.15) is 49.4 Å². The van der Waals surface area contributed by atoms with Gasteiger partial charge in [-0.05, 0) is 67.2 Å². The number of rotatable bonds is 11. The van der Waals surface area contributed by atoms with Crippen molar-refractivity contribution in [2.24, 2.45) is 0 Å². The molecule has 1 N–H and O–H groups in total. The molecule has 2 aromatic heterocycles. The lowest BCUT2D eigenvalue weighted by molar-refractivity contribution is -0.123. The number of pyridine rings is 1. The van der Waals surface area contributed by atoms with Gasteiger partial charge in [0.05, 0.1) is 22.3 Å². The molecule has 0 atom stereocenters. The number of hydrogen-bond acceptors (Lipinski definition) is 3. The molecule has 2 heterocycles. The van der Waals surface area contributed by atoms with Crippen LogP contribution in [0.3, 0.4) is 0 Å². The second-order valence-electron chi connectivity index (χ2n) is 9.56. The van der Waals surface area contributed by atoms with Gasteiger partial charge in [-0.25, -0.2) is 9.37 Å². The fourth-order valence-corrected chi connectivity index (χ4v) is 5.06. The molecule has 0 radical (unpaired) electrons. The zero-order valence-electron chi connectivity index (χ0n) is 22.8. The lowest BCUT2D eigenvalue weighted by Crippen LogP contribution is -2.18. The highest BCUT2D eigenvalue weighted by molar-refractivity contribution is 6.38. The first-order valence-electron chi connectivity index (χ1n) is 13.2. The number of unbranched alkanes of at least 4 members (excludes halogenated alkanes) is 2. The molecule has 5 nitrogen and oxygen atoms in total. The van der Waals surface area contributed by atoms with Gasteiger partial charge in [0.1, 0.15) is 5.82 Å². The van der Waals surface area contributed by atoms with E-state index in [0.29, 0.717) is 29.0 Å². The van der Waals surface area contributed by atoms with Crippen molar-refractivity contribution < 1.29 is 13.9 Å². The number of hydrogen-bond donors (Lipinski definition) is 1. The van der Waals surface area contributed by atoms with Gasteiger partial charge in [0.15, 0.2) is 0 Å². The van der Waals surface area contributed by atoms with E-state index in [4.69, 9.17) is 27.9 Å². The molecule has 2 aromatic carbocycles. The van der Waals surface area contributed by atoms with Gasteiger partial charge in [0, 0.05) is 48.4 Å². The molecule has 0 spiro atoms. The van der Waals surface area contributed by atoms with Crippen LogP contribution < -0.4 is 4.74 Å². The van der Waals surface area contributed by atoms with Crippen molar-refractivity contribution in [1.29, 1.82) is 0 Å². The number of H-pyrrole nitrogens is 1. The summed E-state index contributed by atoms with van der Waals surface area (Å²) >= 11 is 13.4. The number of halogens is 3. The number of carbonyl (C=O) groups excluding carboxylic acids is 1. The summed E-state index contributed by atoms with van der Waals surface area (Å²) in [5.41, 5.74) is 4.97. The Bertz CT molecular complexity index is 1540. The van der Waals surface area contributed by atoms with Crippen LogP contribution in [0.25, 0.3) is 22.0 Å². The van der Waals surface area contributed by atoms with Crippen molar-refractivity contribution in [2.45, 2.75) is 32.6 Å². The van der Waals surface area contributed by atoms with Crippen molar-refractivity contribution >= 4 is 51.2 Å². The van der Waals surface area contributed by atoms with Crippen molar-refractivity contribution in [2.75, 3.05) is 20.7 Å². The predicted molar refractivity (Wildman–Crippen MR) is 162 cm³/mol. The molecule has 0 aliphatic rings. The van der Waals surface area contributed by atoms with Crippen LogP contribution in [-0.2, 0) is 4.79 Å². The summed E-state index contributed by atoms with van der Waals surface area (Å²) in [4.78, 5) is 21.2. The standard InChI is InChI=1S/C32H32Cl2FN3O2/c1-4-23(24-16-15-22(35)19-26(24)33)30(32-31(34)25-11-8-9-12-27(25)37-32)21-14-17-28(36-20-21)40-18-10-6-5-7-13-29(39)38(2)3/h7-9,11-17,19-20,37H,4-6,10,18H2,1-3H3/b13-7+,30-23+. The highest BCUT2D eigenvalue weighted by Crippen LogP contribution is 2.41. The Morgan fingerprint density at radius 1 is 1.10 bits per heavy atom. The summed E-state index contributed by atoms with van der Waals surface area (Å²) < 4.78 is 19.8. The smallest absolute Gasteiger partial charge is 0.245 e. The minimum absolute atomic E-state index is 0.0179. The summed E-state index contributed by atoms with van der Waals surface area (Å²) in [5.74, 6) is 0.105. The molecule has 8 heteroatoms. The monoisotopic (exact) mass is 579 g/mol. The number of aromatic amines is 1. The van der Waals surface area contributed by atoms with Gasteiger partial charge in [0.2, 0.25) is 11.8 Å². The van der Waals surface area contributed by atoms with Crippen molar-refractivity contribution in [3.05, 3.63) is 106 Å². The minimum Gasteiger partial charge on any atom is -0.478 e. The van der Waals surface area contributed by atoms with Crippen LogP contribution in [0.5, 0.6) is 5.88 Å². The minimum atomic E-state index is -0.393. The Balaban J connectivity index is 1.60. The summed E-state index contributed by atoms with van der Waals surface area (Å²) in [6, 6.07) is 16.1. The maximum atomic E-state index is 13.9. The molecule has 0 unspecified atom stereocenters. The van der Waals surface area contributed by atoms with Crippen LogP contribution in [0, 0.1) is 5.82 Å². The van der Waals surface area contributed by atoms with Crippen LogP contribution in [0.2, 0.25) is 10.0 Å². The van der Waals surface area contributed by atoms with Gasteiger partial charge < -0.3 is 14.6 Å². The number of aromatic nitrogens is 2. The summed E-state index contributed by atoms with van der Waals surface area (Å²) in [7, 11) is 3.46. The van der Waals surface area contributed by atoms with Gasteiger partial charge in [-0.2, -0.15) is 0 Å². The SMILES string of the molecule is CC/C(=C(/c1ccc(OCCCC/C=C/C(=O)N(C)C)nc1)c1[nH]c2ccccc2c1Cl)c1ccc(F)cc1Cl. The predicted octanol–water partition coefficient (Wildman–Crippen LogP) is 8.57. The van der Waals surface area contributed by atoms with E-state index in [2.05, 4.69) is 9.97 Å². The van der Waals surface area contributed by atoms with E-state index >= 15 is 0 Å². The van der Waals surface area contributed by atoms with Crippen LogP contribution in [0.15, 0.2) is 72.9 Å². The number of benzene rings is 2. The Morgan fingerprint density at radius 3 is 2.58 bits per heavy atom. The quantitative estimate of drug-likeness (QED) is 0.143. The van der Waals surface area contributed by atoms with E-state index in [1.54, 1.807) is 37.3 Å². The fraction of sp³-hybridized carbons (Fsp3) is 0.250. The van der Waals surface area contributed by atoms with Gasteiger partial charge in [-0.15, -0.1) is 0 Å². The van der Waals surface area contributed by atoms with E-state index in [0.717, 1.165) is 58.1 Å². The molecule has 0 fully saturated rings. The molecule has 208 valence electrons. The van der Waals surface area contributed by atoms with E-state index < -0.39 is 5.82 Å². The molecule has 0 aliphatic carbocycles. The number of allylic oxidation sites excluding steroid dienone is 2. The Labute approximate surface area is 244 Å². The molecule has 0 saturated carbocycles. The van der Waals surface area contributed by atoms with E-state index in [-0.39, 0.29) is 5.91 Å². The third-order valence-corrected chi connectivity index (χ3v) is 7.25. The number of carbonyl (C=O) groups is 1. The van der Waals surface area contributed by atoms with E-state index in [1.165, 1.54) is 12.1 Å². The normalized spacial score (nSPS) is 12.2. The lowest BCUT2D eigenvalue weighted by atomic mass is 9.91. The Hall–Kier alpha value is -3.61. The molecule has 4 aromatic rings. The van der Waals surface area contributed by atoms with Crippen LogP contribution >= 0.6 is 23.2 Å². The molecule has 1 amide bonds. The third kappa shape index (κ3) is 6.93. The zero-order valence-corrected chi connectivity index (χ0v) is 24.3. The topological polar surface area (TPSA) is 58.2 Å².